The highest BCUT2D eigenvalue weighted by Gasteiger charge is 2.08. The molecule has 1 N–H and O–H groups in total. The van der Waals surface area contributed by atoms with Crippen LogP contribution in [-0.4, -0.2) is 10.9 Å². The Morgan fingerprint density at radius 3 is 2.48 bits per heavy atom. The van der Waals surface area contributed by atoms with E-state index >= 15 is 0 Å². The smallest absolute Gasteiger partial charge is 0.224 e. The van der Waals surface area contributed by atoms with Crippen LogP contribution in [0, 0.1) is 11.6 Å². The molecule has 0 unspecified atom stereocenters. The zero-order valence-corrected chi connectivity index (χ0v) is 14.2. The molecule has 0 fully saturated rings. The number of carbonyl (C=O) groups is 1. The maximum atomic E-state index is 13.1. The van der Waals surface area contributed by atoms with Gasteiger partial charge < -0.3 is 5.32 Å². The summed E-state index contributed by atoms with van der Waals surface area (Å²) < 4.78 is 26.3. The van der Waals surface area contributed by atoms with E-state index in [9.17, 15) is 13.6 Å². The SMILES string of the molecule is O=C(Cc1cc(F)cc(F)c1)NCc1csc(Cc2ccccc2)n1. The summed E-state index contributed by atoms with van der Waals surface area (Å²) >= 11 is 1.54. The number of rotatable bonds is 6. The van der Waals surface area contributed by atoms with Gasteiger partial charge in [-0.3, -0.25) is 4.79 Å². The molecule has 0 saturated carbocycles. The van der Waals surface area contributed by atoms with Gasteiger partial charge in [-0.2, -0.15) is 0 Å². The van der Waals surface area contributed by atoms with Crippen molar-refractivity contribution in [3.63, 3.8) is 0 Å². The molecular formula is C19H16F2N2OS. The van der Waals surface area contributed by atoms with Crippen molar-refractivity contribution >= 4 is 17.2 Å². The second-order valence-electron chi connectivity index (χ2n) is 5.63. The third-order valence-electron chi connectivity index (χ3n) is 3.55. The third-order valence-corrected chi connectivity index (χ3v) is 4.45. The van der Waals surface area contributed by atoms with Crippen molar-refractivity contribution in [1.82, 2.24) is 10.3 Å². The Morgan fingerprint density at radius 2 is 1.76 bits per heavy atom. The minimum absolute atomic E-state index is 0.0737. The van der Waals surface area contributed by atoms with E-state index in [1.165, 1.54) is 5.56 Å². The molecular weight excluding hydrogens is 342 g/mol. The normalized spacial score (nSPS) is 10.6. The molecule has 128 valence electrons. The second-order valence-corrected chi connectivity index (χ2v) is 6.57. The first kappa shape index (κ1) is 17.2. The van der Waals surface area contributed by atoms with Crippen LogP contribution in [0.15, 0.2) is 53.9 Å². The highest BCUT2D eigenvalue weighted by molar-refractivity contribution is 7.09. The van der Waals surface area contributed by atoms with Crippen molar-refractivity contribution in [1.29, 1.82) is 0 Å². The number of nitrogens with zero attached hydrogens (tertiary/aromatic N) is 1. The fourth-order valence-electron chi connectivity index (χ4n) is 2.43. The van der Waals surface area contributed by atoms with Gasteiger partial charge in [-0.15, -0.1) is 11.3 Å². The molecule has 2 aromatic carbocycles. The van der Waals surface area contributed by atoms with Crippen LogP contribution in [0.2, 0.25) is 0 Å². The Hall–Kier alpha value is -2.60. The van der Waals surface area contributed by atoms with Crippen LogP contribution in [0.5, 0.6) is 0 Å². The summed E-state index contributed by atoms with van der Waals surface area (Å²) in [6.07, 6.45) is 0.678. The quantitative estimate of drug-likeness (QED) is 0.727. The van der Waals surface area contributed by atoms with Crippen LogP contribution in [0.3, 0.4) is 0 Å². The van der Waals surface area contributed by atoms with Gasteiger partial charge >= 0.3 is 0 Å². The molecule has 3 aromatic rings. The second kappa shape index (κ2) is 7.98. The maximum Gasteiger partial charge on any atom is 0.224 e. The number of halogens is 2. The standard InChI is InChI=1S/C19H16F2N2OS/c20-15-6-14(7-16(21)10-15)8-18(24)22-11-17-12-25-19(23-17)9-13-4-2-1-3-5-13/h1-7,10,12H,8-9,11H2,(H,22,24). The molecule has 1 amide bonds. The van der Waals surface area contributed by atoms with Gasteiger partial charge in [0.25, 0.3) is 0 Å². The zero-order valence-electron chi connectivity index (χ0n) is 13.3. The summed E-state index contributed by atoms with van der Waals surface area (Å²) in [5.74, 6) is -1.68. The lowest BCUT2D eigenvalue weighted by Gasteiger charge is -2.04. The molecule has 6 heteroatoms. The van der Waals surface area contributed by atoms with Crippen LogP contribution >= 0.6 is 11.3 Å². The van der Waals surface area contributed by atoms with Crippen LogP contribution in [0.25, 0.3) is 0 Å². The van der Waals surface area contributed by atoms with Gasteiger partial charge in [0.05, 0.1) is 23.7 Å². The van der Waals surface area contributed by atoms with Gasteiger partial charge in [-0.05, 0) is 23.3 Å². The first-order valence-electron chi connectivity index (χ1n) is 7.77. The summed E-state index contributed by atoms with van der Waals surface area (Å²) in [6, 6.07) is 13.1. The minimum Gasteiger partial charge on any atom is -0.350 e. The van der Waals surface area contributed by atoms with Crippen molar-refractivity contribution in [3.8, 4) is 0 Å². The van der Waals surface area contributed by atoms with Crippen LogP contribution in [0.4, 0.5) is 8.78 Å². The van der Waals surface area contributed by atoms with Gasteiger partial charge in [0.1, 0.15) is 11.6 Å². The van der Waals surface area contributed by atoms with E-state index in [4.69, 9.17) is 0 Å². The minimum atomic E-state index is -0.687. The van der Waals surface area contributed by atoms with Crippen LogP contribution in [0.1, 0.15) is 21.8 Å². The fraction of sp³-hybridized carbons (Fsp3) is 0.158. The predicted molar refractivity (Wildman–Crippen MR) is 93.3 cm³/mol. The Labute approximate surface area is 148 Å². The summed E-state index contributed by atoms with van der Waals surface area (Å²) in [7, 11) is 0. The Balaban J connectivity index is 1.52. The number of thiazole rings is 1. The fourth-order valence-corrected chi connectivity index (χ4v) is 3.26. The summed E-state index contributed by atoms with van der Waals surface area (Å²) in [4.78, 5) is 16.4. The molecule has 25 heavy (non-hydrogen) atoms. The molecule has 0 spiro atoms. The van der Waals surface area contributed by atoms with Gasteiger partial charge in [0.2, 0.25) is 5.91 Å². The number of aromatic nitrogens is 1. The van der Waals surface area contributed by atoms with E-state index < -0.39 is 11.6 Å². The molecule has 0 aliphatic rings. The van der Waals surface area contributed by atoms with Gasteiger partial charge in [0, 0.05) is 17.9 Å². The molecule has 0 aliphatic carbocycles. The molecule has 0 aliphatic heterocycles. The highest BCUT2D eigenvalue weighted by atomic mass is 32.1. The van der Waals surface area contributed by atoms with Crippen molar-refractivity contribution in [2.75, 3.05) is 0 Å². The molecule has 3 rings (SSSR count). The lowest BCUT2D eigenvalue weighted by Crippen LogP contribution is -2.24. The predicted octanol–water partition coefficient (Wildman–Crippen LogP) is 3.87. The molecule has 3 nitrogen and oxygen atoms in total. The molecule has 1 aromatic heterocycles. The van der Waals surface area contributed by atoms with Crippen molar-refractivity contribution in [2.24, 2.45) is 0 Å². The highest BCUT2D eigenvalue weighted by Crippen LogP contribution is 2.15. The topological polar surface area (TPSA) is 42.0 Å². The van der Waals surface area contributed by atoms with E-state index in [1.54, 1.807) is 11.3 Å². The van der Waals surface area contributed by atoms with Crippen LogP contribution in [-0.2, 0) is 24.2 Å². The Bertz CT molecular complexity index is 845. The first-order valence-corrected chi connectivity index (χ1v) is 8.65. The van der Waals surface area contributed by atoms with E-state index in [1.807, 2.05) is 35.7 Å². The molecule has 0 saturated heterocycles. The van der Waals surface area contributed by atoms with Crippen molar-refractivity contribution < 1.29 is 13.6 Å². The summed E-state index contributed by atoms with van der Waals surface area (Å²) in [6.45, 7) is 0.294. The molecule has 0 radical (unpaired) electrons. The van der Waals surface area contributed by atoms with Gasteiger partial charge in [-0.25, -0.2) is 13.8 Å². The zero-order chi connectivity index (χ0) is 17.6. The van der Waals surface area contributed by atoms with E-state index in [0.29, 0.717) is 12.1 Å². The van der Waals surface area contributed by atoms with Gasteiger partial charge in [0.15, 0.2) is 0 Å². The number of hydrogen-bond acceptors (Lipinski definition) is 3. The van der Waals surface area contributed by atoms with Crippen molar-refractivity contribution in [2.45, 2.75) is 19.4 Å². The Morgan fingerprint density at radius 1 is 1.04 bits per heavy atom. The number of nitrogens with one attached hydrogen (secondary N) is 1. The average molecular weight is 358 g/mol. The summed E-state index contributed by atoms with van der Waals surface area (Å²) in [5, 5.41) is 5.60. The maximum absolute atomic E-state index is 13.1. The number of carbonyl (C=O) groups excluding carboxylic acids is 1. The van der Waals surface area contributed by atoms with Crippen molar-refractivity contribution in [3.05, 3.63) is 87.4 Å². The molecule has 0 bridgehead atoms. The van der Waals surface area contributed by atoms with E-state index in [0.717, 1.165) is 35.3 Å². The Kier molecular flexibility index (Phi) is 5.50. The third kappa shape index (κ3) is 5.19. The summed E-state index contributed by atoms with van der Waals surface area (Å²) in [5.41, 5.74) is 2.26. The first-order chi connectivity index (χ1) is 12.1. The monoisotopic (exact) mass is 358 g/mol. The average Bonchev–Trinajstić information content (AvgIpc) is 3.00. The number of benzene rings is 2. The van der Waals surface area contributed by atoms with Crippen LogP contribution < -0.4 is 5.32 Å². The van der Waals surface area contributed by atoms with E-state index in [-0.39, 0.29) is 12.3 Å². The molecule has 1 heterocycles. The van der Waals surface area contributed by atoms with Gasteiger partial charge in [-0.1, -0.05) is 30.3 Å². The van der Waals surface area contributed by atoms with E-state index in [2.05, 4.69) is 10.3 Å². The molecule has 0 atom stereocenters. The lowest BCUT2D eigenvalue weighted by atomic mass is 10.1. The lowest BCUT2D eigenvalue weighted by molar-refractivity contribution is -0.120. The number of hydrogen-bond donors (Lipinski definition) is 1. The number of amides is 1. The largest absolute Gasteiger partial charge is 0.350 e.